The van der Waals surface area contributed by atoms with Crippen molar-refractivity contribution in [3.05, 3.63) is 96.3 Å². The van der Waals surface area contributed by atoms with Gasteiger partial charge in [-0.1, -0.05) is 56.3 Å². The van der Waals surface area contributed by atoms with E-state index in [0.717, 1.165) is 17.7 Å². The van der Waals surface area contributed by atoms with Gasteiger partial charge < -0.3 is 15.5 Å². The zero-order chi connectivity index (χ0) is 29.6. The third kappa shape index (κ3) is 7.71. The topological polar surface area (TPSA) is 79.3 Å². The molecule has 0 saturated carbocycles. The van der Waals surface area contributed by atoms with Crippen LogP contribution in [0.5, 0.6) is 0 Å². The van der Waals surface area contributed by atoms with Gasteiger partial charge in [-0.05, 0) is 48.7 Å². The number of hydrogen-bond acceptors (Lipinski definition) is 3. The largest absolute Gasteiger partial charge is 0.418 e. The number of benzene rings is 3. The molecule has 0 atom stereocenters. The highest BCUT2D eigenvalue weighted by molar-refractivity contribution is 5.97. The van der Waals surface area contributed by atoms with Gasteiger partial charge in [0, 0.05) is 18.2 Å². The van der Waals surface area contributed by atoms with Crippen LogP contribution in [-0.4, -0.2) is 39.7 Å². The number of carbonyl (C=O) groups is 2. The molecule has 11 heteroatoms. The fourth-order valence-electron chi connectivity index (χ4n) is 4.05. The predicted molar refractivity (Wildman–Crippen MR) is 149 cm³/mol. The molecule has 3 aromatic carbocycles. The van der Waals surface area contributed by atoms with E-state index in [1.807, 2.05) is 44.2 Å². The first-order chi connectivity index (χ1) is 19.5. The van der Waals surface area contributed by atoms with Crippen molar-refractivity contribution < 1.29 is 27.2 Å². The summed E-state index contributed by atoms with van der Waals surface area (Å²) >= 11 is 0. The second-order valence-electron chi connectivity index (χ2n) is 9.79. The molecule has 0 unspecified atom stereocenters. The molecule has 0 aliphatic carbocycles. The number of halogens is 4. The molecule has 3 amide bonds. The Labute approximate surface area is 234 Å². The van der Waals surface area contributed by atoms with Gasteiger partial charge >= 0.3 is 12.2 Å². The number of nitrogens with zero attached hydrogens (tertiary/aromatic N) is 3. The molecule has 0 bridgehead atoms. The van der Waals surface area contributed by atoms with Gasteiger partial charge in [-0.3, -0.25) is 4.79 Å². The van der Waals surface area contributed by atoms with Crippen molar-refractivity contribution in [1.82, 2.24) is 14.7 Å². The van der Waals surface area contributed by atoms with Crippen LogP contribution in [-0.2, 0) is 11.0 Å². The lowest BCUT2D eigenvalue weighted by atomic mass is 10.1. The van der Waals surface area contributed by atoms with Gasteiger partial charge in [-0.15, -0.1) is 0 Å². The molecule has 7 nitrogen and oxygen atoms in total. The number of aromatic nitrogens is 2. The lowest BCUT2D eigenvalue weighted by Crippen LogP contribution is -2.42. The quantitative estimate of drug-likeness (QED) is 0.210. The fraction of sp³-hybridized carbons (Fsp3) is 0.233. The van der Waals surface area contributed by atoms with E-state index in [4.69, 9.17) is 0 Å². The molecular weight excluding hydrogens is 538 g/mol. The second-order valence-corrected chi connectivity index (χ2v) is 9.79. The summed E-state index contributed by atoms with van der Waals surface area (Å²) in [6, 6.07) is 20.2. The number of amides is 3. The molecule has 4 rings (SSSR count). The van der Waals surface area contributed by atoms with Crippen molar-refractivity contribution >= 4 is 23.4 Å². The van der Waals surface area contributed by atoms with Gasteiger partial charge in [-0.2, -0.15) is 18.3 Å². The summed E-state index contributed by atoms with van der Waals surface area (Å²) in [4.78, 5) is 27.5. The summed E-state index contributed by atoms with van der Waals surface area (Å²) in [5.41, 5.74) is 0.427. The average Bonchev–Trinajstić information content (AvgIpc) is 3.35. The number of alkyl halides is 3. The van der Waals surface area contributed by atoms with E-state index >= 15 is 0 Å². The standard InChI is InChI=1S/C30H29F4N5O2/c1-20(2)16-17-38(29(41)35-25-11-7-6-10-24(25)30(32,33)34)19-28(40)36-27-18-26(21-8-4-3-5-9-21)37-39(27)23-14-12-22(31)13-15-23/h3-15,18,20H,16-17,19H2,1-2H3,(H,35,41)(H,36,40). The van der Waals surface area contributed by atoms with Gasteiger partial charge in [0.15, 0.2) is 0 Å². The van der Waals surface area contributed by atoms with Crippen molar-refractivity contribution in [2.45, 2.75) is 26.4 Å². The molecule has 2 N–H and O–H groups in total. The van der Waals surface area contributed by atoms with E-state index in [1.165, 1.54) is 46.0 Å². The minimum atomic E-state index is -4.67. The molecule has 0 radical (unpaired) electrons. The van der Waals surface area contributed by atoms with Crippen LogP contribution in [0.25, 0.3) is 16.9 Å². The first-order valence-electron chi connectivity index (χ1n) is 12.9. The summed E-state index contributed by atoms with van der Waals surface area (Å²) in [5, 5.41) is 9.64. The maximum atomic E-state index is 13.6. The Morgan fingerprint density at radius 3 is 2.24 bits per heavy atom. The summed E-state index contributed by atoms with van der Waals surface area (Å²) in [5.74, 6) is -0.583. The number of rotatable bonds is 9. The Kier molecular flexibility index (Phi) is 9.06. The minimum Gasteiger partial charge on any atom is -0.315 e. The third-order valence-electron chi connectivity index (χ3n) is 6.19. The van der Waals surface area contributed by atoms with Crippen LogP contribution in [0.2, 0.25) is 0 Å². The van der Waals surface area contributed by atoms with Gasteiger partial charge in [0.2, 0.25) is 5.91 Å². The number of para-hydroxylation sites is 1. The highest BCUT2D eigenvalue weighted by atomic mass is 19.4. The Morgan fingerprint density at radius 2 is 1.59 bits per heavy atom. The second kappa shape index (κ2) is 12.7. The predicted octanol–water partition coefficient (Wildman–Crippen LogP) is 7.22. The van der Waals surface area contributed by atoms with Gasteiger partial charge in [0.25, 0.3) is 0 Å². The van der Waals surface area contributed by atoms with E-state index in [9.17, 15) is 27.2 Å². The number of hydrogen-bond donors (Lipinski definition) is 2. The molecule has 0 aliphatic heterocycles. The molecule has 1 aromatic heterocycles. The number of anilines is 2. The van der Waals surface area contributed by atoms with Gasteiger partial charge in [0.1, 0.15) is 18.2 Å². The van der Waals surface area contributed by atoms with Crippen molar-refractivity contribution in [2.75, 3.05) is 23.7 Å². The Balaban J connectivity index is 1.58. The van der Waals surface area contributed by atoms with Crippen LogP contribution in [0.1, 0.15) is 25.8 Å². The molecule has 4 aromatic rings. The first kappa shape index (κ1) is 29.3. The molecule has 1 heterocycles. The van der Waals surface area contributed by atoms with Crippen LogP contribution >= 0.6 is 0 Å². The maximum Gasteiger partial charge on any atom is 0.418 e. The summed E-state index contributed by atoms with van der Waals surface area (Å²) in [7, 11) is 0. The van der Waals surface area contributed by atoms with Crippen LogP contribution < -0.4 is 10.6 Å². The Hall–Kier alpha value is -4.67. The van der Waals surface area contributed by atoms with E-state index in [2.05, 4.69) is 15.7 Å². The SMILES string of the molecule is CC(C)CCN(CC(=O)Nc1cc(-c2ccccc2)nn1-c1ccc(F)cc1)C(=O)Nc1ccccc1C(F)(F)F. The number of nitrogens with one attached hydrogen (secondary N) is 2. The van der Waals surface area contributed by atoms with Crippen molar-refractivity contribution in [3.63, 3.8) is 0 Å². The molecule has 0 saturated heterocycles. The number of urea groups is 1. The number of carbonyl (C=O) groups excluding carboxylic acids is 2. The maximum absolute atomic E-state index is 13.6. The van der Waals surface area contributed by atoms with Crippen molar-refractivity contribution in [2.24, 2.45) is 5.92 Å². The van der Waals surface area contributed by atoms with Crippen LogP contribution in [0.15, 0.2) is 84.9 Å². The molecule has 214 valence electrons. The van der Waals surface area contributed by atoms with Crippen LogP contribution in [0.4, 0.5) is 33.9 Å². The van der Waals surface area contributed by atoms with Gasteiger partial charge in [0.05, 0.1) is 22.6 Å². The average molecular weight is 568 g/mol. The van der Waals surface area contributed by atoms with Crippen molar-refractivity contribution in [3.8, 4) is 16.9 Å². The molecular formula is C30H29F4N5O2. The third-order valence-corrected chi connectivity index (χ3v) is 6.19. The molecule has 0 aliphatic rings. The zero-order valence-corrected chi connectivity index (χ0v) is 22.5. The highest BCUT2D eigenvalue weighted by Gasteiger charge is 2.34. The monoisotopic (exact) mass is 567 g/mol. The Morgan fingerprint density at radius 1 is 0.927 bits per heavy atom. The van der Waals surface area contributed by atoms with Gasteiger partial charge in [-0.25, -0.2) is 13.9 Å². The van der Waals surface area contributed by atoms with Crippen molar-refractivity contribution in [1.29, 1.82) is 0 Å². The lowest BCUT2D eigenvalue weighted by Gasteiger charge is -2.24. The normalized spacial score (nSPS) is 11.4. The Bertz CT molecular complexity index is 1490. The fourth-order valence-corrected chi connectivity index (χ4v) is 4.05. The highest BCUT2D eigenvalue weighted by Crippen LogP contribution is 2.34. The summed E-state index contributed by atoms with van der Waals surface area (Å²) in [6.07, 6.45) is -4.15. The van der Waals surface area contributed by atoms with Crippen LogP contribution in [0.3, 0.4) is 0 Å². The molecule has 0 fully saturated rings. The summed E-state index contributed by atoms with van der Waals surface area (Å²) < 4.78 is 55.4. The van der Waals surface area contributed by atoms with E-state index in [1.54, 1.807) is 6.07 Å². The lowest BCUT2D eigenvalue weighted by molar-refractivity contribution is -0.137. The molecule has 0 spiro atoms. The van der Waals surface area contributed by atoms with Crippen LogP contribution in [0, 0.1) is 11.7 Å². The summed E-state index contributed by atoms with van der Waals surface area (Å²) in [6.45, 7) is 3.57. The van der Waals surface area contributed by atoms with E-state index in [0.29, 0.717) is 17.8 Å². The minimum absolute atomic E-state index is 0.137. The first-order valence-corrected chi connectivity index (χ1v) is 12.9. The zero-order valence-electron chi connectivity index (χ0n) is 22.5. The van der Waals surface area contributed by atoms with E-state index < -0.39 is 41.7 Å². The molecule has 41 heavy (non-hydrogen) atoms. The smallest absolute Gasteiger partial charge is 0.315 e. The van der Waals surface area contributed by atoms with E-state index in [-0.39, 0.29) is 18.3 Å².